The van der Waals surface area contributed by atoms with Gasteiger partial charge in [0, 0.05) is 11.5 Å². The summed E-state index contributed by atoms with van der Waals surface area (Å²) in [6, 6.07) is 1.48. The zero-order chi connectivity index (χ0) is 15.9. The molecule has 0 saturated carbocycles. The summed E-state index contributed by atoms with van der Waals surface area (Å²) in [6.45, 7) is 14.1. The fraction of sp³-hybridized carbons (Fsp3) is 0.643. The standard InChI is InChI=1S/C10H14N4OS.2C2H6/c1-10(2,3)8-11-6-5-7(15)13-14(6)9(12-8)16-4;2*1-2/h5H,1-4H3,(H,13,15);2*1-2H3. The van der Waals surface area contributed by atoms with Crippen LogP contribution in [-0.4, -0.2) is 25.8 Å². The summed E-state index contributed by atoms with van der Waals surface area (Å²) < 4.78 is 1.61. The van der Waals surface area contributed by atoms with Crippen molar-refractivity contribution in [1.29, 1.82) is 0 Å². The van der Waals surface area contributed by atoms with Crippen molar-refractivity contribution in [3.63, 3.8) is 0 Å². The van der Waals surface area contributed by atoms with Crippen molar-refractivity contribution < 1.29 is 0 Å². The summed E-state index contributed by atoms with van der Waals surface area (Å²) in [6.07, 6.45) is 1.92. The van der Waals surface area contributed by atoms with Crippen LogP contribution in [0, 0.1) is 0 Å². The van der Waals surface area contributed by atoms with E-state index in [1.54, 1.807) is 4.52 Å². The third-order valence-corrected chi connectivity index (χ3v) is 2.82. The second kappa shape index (κ2) is 8.09. The van der Waals surface area contributed by atoms with Gasteiger partial charge in [0.2, 0.25) is 0 Å². The minimum Gasteiger partial charge on any atom is -0.268 e. The largest absolute Gasteiger partial charge is 0.268 e. The molecular formula is C14H26N4OS. The molecule has 2 aromatic rings. The zero-order valence-corrected chi connectivity index (χ0v) is 14.6. The third kappa shape index (κ3) is 4.37. The Labute approximate surface area is 125 Å². The average Bonchev–Trinajstić information content (AvgIpc) is 2.81. The lowest BCUT2D eigenvalue weighted by Crippen LogP contribution is -2.18. The Balaban J connectivity index is 0.000000829. The molecule has 0 saturated heterocycles. The predicted octanol–water partition coefficient (Wildman–Crippen LogP) is 3.49. The first kappa shape index (κ1) is 18.7. The number of aromatic amines is 1. The quantitative estimate of drug-likeness (QED) is 0.819. The van der Waals surface area contributed by atoms with Crippen molar-refractivity contribution >= 4 is 17.4 Å². The molecule has 20 heavy (non-hydrogen) atoms. The van der Waals surface area contributed by atoms with Crippen LogP contribution in [0.15, 0.2) is 16.0 Å². The summed E-state index contributed by atoms with van der Waals surface area (Å²) >= 11 is 1.48. The molecule has 0 bridgehead atoms. The molecule has 0 aliphatic heterocycles. The van der Waals surface area contributed by atoms with E-state index in [2.05, 4.69) is 15.1 Å². The number of rotatable bonds is 1. The van der Waals surface area contributed by atoms with Gasteiger partial charge >= 0.3 is 0 Å². The third-order valence-electron chi connectivity index (χ3n) is 2.18. The Hall–Kier alpha value is -1.30. The Morgan fingerprint density at radius 2 is 1.70 bits per heavy atom. The molecule has 2 heterocycles. The Kier molecular flexibility index (Phi) is 7.57. The molecule has 0 aromatic carbocycles. The van der Waals surface area contributed by atoms with Crippen LogP contribution in [0.3, 0.4) is 0 Å². The van der Waals surface area contributed by atoms with E-state index in [0.29, 0.717) is 5.65 Å². The lowest BCUT2D eigenvalue weighted by Gasteiger charge is -2.17. The van der Waals surface area contributed by atoms with Gasteiger partial charge in [0.1, 0.15) is 5.82 Å². The van der Waals surface area contributed by atoms with E-state index < -0.39 is 0 Å². The van der Waals surface area contributed by atoms with Gasteiger partial charge in [-0.15, -0.1) is 0 Å². The molecule has 0 unspecified atom stereocenters. The number of thioether (sulfide) groups is 1. The molecule has 6 heteroatoms. The summed E-state index contributed by atoms with van der Waals surface area (Å²) in [7, 11) is 0. The molecule has 0 aliphatic rings. The van der Waals surface area contributed by atoms with E-state index in [9.17, 15) is 4.79 Å². The topological polar surface area (TPSA) is 63.0 Å². The van der Waals surface area contributed by atoms with E-state index in [4.69, 9.17) is 0 Å². The Bertz CT molecular complexity index is 581. The highest BCUT2D eigenvalue weighted by atomic mass is 32.2. The van der Waals surface area contributed by atoms with E-state index in [0.717, 1.165) is 11.0 Å². The number of H-pyrrole nitrogens is 1. The van der Waals surface area contributed by atoms with Crippen molar-refractivity contribution in [3.8, 4) is 0 Å². The van der Waals surface area contributed by atoms with Gasteiger partial charge < -0.3 is 0 Å². The van der Waals surface area contributed by atoms with E-state index in [1.807, 2.05) is 54.7 Å². The van der Waals surface area contributed by atoms with Crippen molar-refractivity contribution in [2.45, 2.75) is 59.0 Å². The van der Waals surface area contributed by atoms with E-state index in [-0.39, 0.29) is 11.0 Å². The smallest absolute Gasteiger partial charge is 0.266 e. The summed E-state index contributed by atoms with van der Waals surface area (Å²) in [5, 5.41) is 3.42. The lowest BCUT2D eigenvalue weighted by atomic mass is 9.96. The molecular weight excluding hydrogens is 272 g/mol. The predicted molar refractivity (Wildman–Crippen MR) is 86.8 cm³/mol. The summed E-state index contributed by atoms with van der Waals surface area (Å²) in [5.74, 6) is 0.746. The maximum atomic E-state index is 11.3. The van der Waals surface area contributed by atoms with Gasteiger partial charge in [0.15, 0.2) is 10.8 Å². The van der Waals surface area contributed by atoms with E-state index in [1.165, 1.54) is 17.8 Å². The van der Waals surface area contributed by atoms with Crippen LogP contribution < -0.4 is 5.56 Å². The van der Waals surface area contributed by atoms with Crippen molar-refractivity contribution in [2.24, 2.45) is 0 Å². The SMILES string of the molecule is CC.CC.CSc1nc(C(C)(C)C)nc2cc(=O)[nH]n12. The molecule has 2 rings (SSSR count). The van der Waals surface area contributed by atoms with Crippen LogP contribution in [0.25, 0.3) is 5.65 Å². The fourth-order valence-electron chi connectivity index (χ4n) is 1.36. The molecule has 5 nitrogen and oxygen atoms in total. The van der Waals surface area contributed by atoms with Crippen LogP contribution in [0.1, 0.15) is 54.3 Å². The molecule has 0 aliphatic carbocycles. The minimum atomic E-state index is -0.157. The second-order valence-corrected chi connectivity index (χ2v) is 5.37. The minimum absolute atomic E-state index is 0.125. The molecule has 2 aromatic heterocycles. The number of hydrogen-bond acceptors (Lipinski definition) is 4. The molecule has 0 spiro atoms. The summed E-state index contributed by atoms with van der Waals surface area (Å²) in [4.78, 5) is 20.1. The first-order valence-electron chi connectivity index (χ1n) is 6.96. The van der Waals surface area contributed by atoms with E-state index >= 15 is 0 Å². The molecule has 0 atom stereocenters. The highest BCUT2D eigenvalue weighted by Crippen LogP contribution is 2.21. The average molecular weight is 298 g/mol. The second-order valence-electron chi connectivity index (χ2n) is 4.60. The van der Waals surface area contributed by atoms with Crippen LogP contribution in [0.5, 0.6) is 0 Å². The van der Waals surface area contributed by atoms with Gasteiger partial charge in [-0.1, -0.05) is 60.2 Å². The van der Waals surface area contributed by atoms with Gasteiger partial charge in [0.25, 0.3) is 5.56 Å². The number of aromatic nitrogens is 4. The van der Waals surface area contributed by atoms with Crippen molar-refractivity contribution in [3.05, 3.63) is 22.2 Å². The van der Waals surface area contributed by atoms with Gasteiger partial charge in [-0.2, -0.15) is 0 Å². The molecule has 0 radical (unpaired) electrons. The van der Waals surface area contributed by atoms with Crippen LogP contribution in [-0.2, 0) is 5.41 Å². The first-order chi connectivity index (χ1) is 9.41. The number of fused-ring (bicyclic) bond motifs is 1. The van der Waals surface area contributed by atoms with Gasteiger partial charge in [0.05, 0.1) is 0 Å². The number of nitrogens with zero attached hydrogens (tertiary/aromatic N) is 3. The van der Waals surface area contributed by atoms with Gasteiger partial charge in [-0.05, 0) is 6.26 Å². The van der Waals surface area contributed by atoms with Crippen LogP contribution in [0.2, 0.25) is 0 Å². The highest BCUT2D eigenvalue weighted by Gasteiger charge is 2.20. The molecule has 0 fully saturated rings. The fourth-order valence-corrected chi connectivity index (χ4v) is 1.86. The number of nitrogens with one attached hydrogen (secondary N) is 1. The summed E-state index contributed by atoms with van der Waals surface area (Å²) in [5.41, 5.74) is 0.337. The Morgan fingerprint density at radius 1 is 1.15 bits per heavy atom. The monoisotopic (exact) mass is 298 g/mol. The van der Waals surface area contributed by atoms with Gasteiger partial charge in [-0.25, -0.2) is 14.5 Å². The van der Waals surface area contributed by atoms with Gasteiger partial charge in [-0.3, -0.25) is 9.89 Å². The lowest BCUT2D eigenvalue weighted by molar-refractivity contribution is 0.528. The van der Waals surface area contributed by atoms with Crippen LogP contribution in [0.4, 0.5) is 0 Å². The zero-order valence-electron chi connectivity index (χ0n) is 13.7. The molecule has 114 valence electrons. The van der Waals surface area contributed by atoms with Crippen molar-refractivity contribution in [2.75, 3.05) is 6.26 Å². The number of hydrogen-bond donors (Lipinski definition) is 1. The first-order valence-corrected chi connectivity index (χ1v) is 8.18. The molecule has 0 amide bonds. The maximum Gasteiger partial charge on any atom is 0.266 e. The highest BCUT2D eigenvalue weighted by molar-refractivity contribution is 7.98. The van der Waals surface area contributed by atoms with Crippen LogP contribution >= 0.6 is 11.8 Å². The molecule has 1 N–H and O–H groups in total. The Morgan fingerprint density at radius 3 is 2.15 bits per heavy atom. The normalized spacial score (nSPS) is 10.4. The maximum absolute atomic E-state index is 11.3. The van der Waals surface area contributed by atoms with Crippen molar-refractivity contribution in [1.82, 2.24) is 19.6 Å².